The van der Waals surface area contributed by atoms with E-state index in [0.717, 1.165) is 11.1 Å². The molecule has 3 N–H and O–H groups in total. The van der Waals surface area contributed by atoms with Crippen molar-refractivity contribution in [2.24, 2.45) is 5.73 Å². The van der Waals surface area contributed by atoms with Crippen LogP contribution in [0.1, 0.15) is 34.3 Å². The second-order valence-corrected chi connectivity index (χ2v) is 8.30. The number of halogens is 1. The fourth-order valence-corrected chi connectivity index (χ4v) is 4.17. The van der Waals surface area contributed by atoms with E-state index in [0.29, 0.717) is 56.7 Å². The Morgan fingerprint density at radius 2 is 1.97 bits per heavy atom. The lowest BCUT2D eigenvalue weighted by molar-refractivity contribution is -0.130. The maximum atomic E-state index is 13.2. The van der Waals surface area contributed by atoms with Crippen molar-refractivity contribution in [3.63, 3.8) is 0 Å². The molecule has 2 aliphatic heterocycles. The standard InChI is InChI=1S/C24H25FN4O3/c25-18-2-4-20(5-3-18)29-10-7-17-13-16(1-6-21(17)22(29)30)14-19(15-26)28-23(31)24(27)8-11-32-12-9-24/h1-6,13,19H,7-12,14,27H2,(H,28,31). The number of nitrogens with zero attached hydrogens (tertiary/aromatic N) is 2. The summed E-state index contributed by atoms with van der Waals surface area (Å²) in [5.74, 6) is -0.825. The van der Waals surface area contributed by atoms with Crippen LogP contribution >= 0.6 is 0 Å². The number of ether oxygens (including phenoxy) is 1. The van der Waals surface area contributed by atoms with Gasteiger partial charge in [0.25, 0.3) is 5.91 Å². The molecule has 1 saturated heterocycles. The van der Waals surface area contributed by atoms with Crippen LogP contribution in [-0.2, 0) is 22.4 Å². The van der Waals surface area contributed by atoms with E-state index in [1.54, 1.807) is 29.2 Å². The number of hydrogen-bond acceptors (Lipinski definition) is 5. The number of fused-ring (bicyclic) bond motifs is 1. The summed E-state index contributed by atoms with van der Waals surface area (Å²) in [5.41, 5.74) is 8.19. The van der Waals surface area contributed by atoms with Crippen LogP contribution in [-0.4, -0.2) is 43.2 Å². The van der Waals surface area contributed by atoms with Crippen LogP contribution in [0, 0.1) is 17.1 Å². The molecule has 1 fully saturated rings. The Labute approximate surface area is 186 Å². The zero-order valence-electron chi connectivity index (χ0n) is 17.6. The van der Waals surface area contributed by atoms with Crippen molar-refractivity contribution in [2.75, 3.05) is 24.7 Å². The van der Waals surface area contributed by atoms with E-state index >= 15 is 0 Å². The van der Waals surface area contributed by atoms with Gasteiger partial charge in [0.05, 0.1) is 11.6 Å². The van der Waals surface area contributed by atoms with Gasteiger partial charge in [-0.1, -0.05) is 12.1 Å². The molecule has 4 rings (SSSR count). The van der Waals surface area contributed by atoms with Gasteiger partial charge < -0.3 is 20.7 Å². The molecular formula is C24H25FN4O3. The third-order valence-corrected chi connectivity index (χ3v) is 6.13. The number of hydrogen-bond donors (Lipinski definition) is 2. The average molecular weight is 436 g/mol. The first-order valence-corrected chi connectivity index (χ1v) is 10.7. The third-order valence-electron chi connectivity index (χ3n) is 6.13. The van der Waals surface area contributed by atoms with Crippen LogP contribution in [0.25, 0.3) is 0 Å². The molecule has 2 aromatic carbocycles. The molecule has 2 aliphatic rings. The van der Waals surface area contributed by atoms with Gasteiger partial charge in [-0.2, -0.15) is 5.26 Å². The Kier molecular flexibility index (Phi) is 6.21. The quantitative estimate of drug-likeness (QED) is 0.746. The summed E-state index contributed by atoms with van der Waals surface area (Å²) >= 11 is 0. The van der Waals surface area contributed by atoms with Crippen LogP contribution < -0.4 is 16.0 Å². The van der Waals surface area contributed by atoms with E-state index in [-0.39, 0.29) is 17.6 Å². The van der Waals surface area contributed by atoms with E-state index in [1.807, 2.05) is 6.07 Å². The smallest absolute Gasteiger partial charge is 0.258 e. The average Bonchev–Trinajstić information content (AvgIpc) is 2.80. The highest BCUT2D eigenvalue weighted by Gasteiger charge is 2.37. The molecule has 32 heavy (non-hydrogen) atoms. The van der Waals surface area contributed by atoms with Crippen LogP contribution in [0.4, 0.5) is 10.1 Å². The zero-order chi connectivity index (χ0) is 22.7. The van der Waals surface area contributed by atoms with E-state index < -0.39 is 11.6 Å². The van der Waals surface area contributed by atoms with Gasteiger partial charge in [-0.3, -0.25) is 9.59 Å². The topological polar surface area (TPSA) is 108 Å². The van der Waals surface area contributed by atoms with Gasteiger partial charge in [-0.05, 0) is 60.7 Å². The molecule has 0 aromatic heterocycles. The lowest BCUT2D eigenvalue weighted by Crippen LogP contribution is -2.58. The molecule has 7 nitrogen and oxygen atoms in total. The highest BCUT2D eigenvalue weighted by Crippen LogP contribution is 2.26. The fourth-order valence-electron chi connectivity index (χ4n) is 4.17. The first kappa shape index (κ1) is 21.9. The SMILES string of the molecule is N#CC(Cc1ccc2c(c1)CCN(c1ccc(F)cc1)C2=O)NC(=O)C1(N)CCOCC1. The van der Waals surface area contributed by atoms with Gasteiger partial charge in [0, 0.05) is 37.4 Å². The fraction of sp³-hybridized carbons (Fsp3) is 0.375. The van der Waals surface area contributed by atoms with Crippen LogP contribution in [0.2, 0.25) is 0 Å². The van der Waals surface area contributed by atoms with Crippen molar-refractivity contribution in [3.8, 4) is 6.07 Å². The summed E-state index contributed by atoms with van der Waals surface area (Å²) in [6.45, 7) is 1.33. The maximum Gasteiger partial charge on any atom is 0.258 e. The van der Waals surface area contributed by atoms with Crippen LogP contribution in [0.5, 0.6) is 0 Å². The number of carbonyl (C=O) groups excluding carboxylic acids is 2. The number of nitriles is 1. The summed E-state index contributed by atoms with van der Waals surface area (Å²) in [4.78, 5) is 27.2. The van der Waals surface area contributed by atoms with Gasteiger partial charge in [-0.25, -0.2) is 4.39 Å². The third kappa shape index (κ3) is 4.49. The van der Waals surface area contributed by atoms with Gasteiger partial charge >= 0.3 is 0 Å². The van der Waals surface area contributed by atoms with Gasteiger partial charge in [0.1, 0.15) is 11.9 Å². The largest absolute Gasteiger partial charge is 0.381 e. The summed E-state index contributed by atoms with van der Waals surface area (Å²) in [5, 5.41) is 12.3. The minimum Gasteiger partial charge on any atom is -0.381 e. The van der Waals surface area contributed by atoms with Gasteiger partial charge in [0.15, 0.2) is 0 Å². The molecule has 2 amide bonds. The molecule has 1 atom stereocenters. The van der Waals surface area contributed by atoms with E-state index in [9.17, 15) is 19.2 Å². The van der Waals surface area contributed by atoms with Crippen molar-refractivity contribution in [1.82, 2.24) is 5.32 Å². The summed E-state index contributed by atoms with van der Waals surface area (Å²) in [6.07, 6.45) is 1.80. The number of amides is 2. The Hall–Kier alpha value is -3.28. The Morgan fingerprint density at radius 1 is 1.25 bits per heavy atom. The monoisotopic (exact) mass is 436 g/mol. The Balaban J connectivity index is 1.45. The van der Waals surface area contributed by atoms with Crippen LogP contribution in [0.15, 0.2) is 42.5 Å². The summed E-state index contributed by atoms with van der Waals surface area (Å²) in [6, 6.07) is 12.7. The molecule has 1 unspecified atom stereocenters. The van der Waals surface area contributed by atoms with Crippen molar-refractivity contribution in [3.05, 3.63) is 65.0 Å². The molecule has 0 bridgehead atoms. The number of benzene rings is 2. The van der Waals surface area contributed by atoms with Crippen molar-refractivity contribution in [1.29, 1.82) is 5.26 Å². The molecule has 0 spiro atoms. The summed E-state index contributed by atoms with van der Waals surface area (Å²) < 4.78 is 18.5. The van der Waals surface area contributed by atoms with E-state index in [2.05, 4.69) is 11.4 Å². The first-order valence-electron chi connectivity index (χ1n) is 10.7. The first-order chi connectivity index (χ1) is 15.4. The minimum absolute atomic E-state index is 0.140. The number of carbonyl (C=O) groups is 2. The Bertz CT molecular complexity index is 1060. The summed E-state index contributed by atoms with van der Waals surface area (Å²) in [7, 11) is 0. The molecule has 166 valence electrons. The normalized spacial score (nSPS) is 18.4. The highest BCUT2D eigenvalue weighted by atomic mass is 19.1. The maximum absolute atomic E-state index is 13.2. The zero-order valence-corrected chi connectivity index (χ0v) is 17.6. The Morgan fingerprint density at radius 3 is 2.66 bits per heavy atom. The molecule has 0 saturated carbocycles. The lowest BCUT2D eigenvalue weighted by Gasteiger charge is -2.32. The molecule has 2 heterocycles. The molecule has 8 heteroatoms. The van der Waals surface area contributed by atoms with Crippen molar-refractivity contribution in [2.45, 2.75) is 37.3 Å². The molecule has 0 radical (unpaired) electrons. The number of nitrogens with one attached hydrogen (secondary N) is 1. The second kappa shape index (κ2) is 9.07. The van der Waals surface area contributed by atoms with Crippen molar-refractivity contribution < 1.29 is 18.7 Å². The molecule has 0 aliphatic carbocycles. The second-order valence-electron chi connectivity index (χ2n) is 8.30. The van der Waals surface area contributed by atoms with E-state index in [1.165, 1.54) is 12.1 Å². The number of rotatable bonds is 5. The molecular weight excluding hydrogens is 411 g/mol. The van der Waals surface area contributed by atoms with Crippen LogP contribution in [0.3, 0.4) is 0 Å². The molecule has 2 aromatic rings. The minimum atomic E-state index is -1.01. The van der Waals surface area contributed by atoms with Crippen molar-refractivity contribution >= 4 is 17.5 Å². The predicted octanol–water partition coefficient (Wildman–Crippen LogP) is 2.09. The van der Waals surface area contributed by atoms with E-state index in [4.69, 9.17) is 10.5 Å². The number of nitrogens with two attached hydrogens (primary N) is 1. The number of anilines is 1. The highest BCUT2D eigenvalue weighted by molar-refractivity contribution is 6.08. The van der Waals surface area contributed by atoms with Gasteiger partial charge in [0.2, 0.25) is 5.91 Å². The predicted molar refractivity (Wildman–Crippen MR) is 116 cm³/mol. The lowest BCUT2D eigenvalue weighted by atomic mass is 9.89. The van der Waals surface area contributed by atoms with Gasteiger partial charge in [-0.15, -0.1) is 0 Å².